The van der Waals surface area contributed by atoms with Gasteiger partial charge in [0.15, 0.2) is 0 Å². The highest BCUT2D eigenvalue weighted by molar-refractivity contribution is 7.09. The van der Waals surface area contributed by atoms with Crippen molar-refractivity contribution in [2.24, 2.45) is 5.92 Å². The van der Waals surface area contributed by atoms with Gasteiger partial charge in [-0.25, -0.2) is 9.78 Å². The van der Waals surface area contributed by atoms with Crippen molar-refractivity contribution in [1.82, 2.24) is 14.9 Å². The fraction of sp³-hybridized carbons (Fsp3) is 0.500. The lowest BCUT2D eigenvalue weighted by Gasteiger charge is -2.50. The third-order valence-electron chi connectivity index (χ3n) is 5.21. The average Bonchev–Trinajstić information content (AvgIpc) is 3.33. The molecule has 2 fully saturated rings. The van der Waals surface area contributed by atoms with Crippen molar-refractivity contribution >= 4 is 23.2 Å². The molecule has 1 spiro atoms. The predicted octanol–water partition coefficient (Wildman–Crippen LogP) is 2.93. The summed E-state index contributed by atoms with van der Waals surface area (Å²) in [5.74, 6) is -2.39. The lowest BCUT2D eigenvalue weighted by Crippen LogP contribution is -2.66. The van der Waals surface area contributed by atoms with Gasteiger partial charge in [-0.2, -0.15) is 13.2 Å². The summed E-state index contributed by atoms with van der Waals surface area (Å²) in [5.41, 5.74) is 1.42. The maximum atomic E-state index is 12.5. The van der Waals surface area contributed by atoms with Crippen LogP contribution in [0.3, 0.4) is 0 Å². The Hall–Kier alpha value is -2.57. The second-order valence-corrected chi connectivity index (χ2v) is 8.53. The molecule has 0 radical (unpaired) electrons. The van der Waals surface area contributed by atoms with Gasteiger partial charge < -0.3 is 19.5 Å². The van der Waals surface area contributed by atoms with Crippen molar-refractivity contribution in [1.29, 1.82) is 0 Å². The zero-order valence-electron chi connectivity index (χ0n) is 17.2. The first-order valence-electron chi connectivity index (χ1n) is 9.73. The van der Waals surface area contributed by atoms with Gasteiger partial charge in [0, 0.05) is 35.9 Å². The number of thiazole rings is 1. The van der Waals surface area contributed by atoms with Crippen molar-refractivity contribution in [3.05, 3.63) is 46.2 Å². The van der Waals surface area contributed by atoms with E-state index in [4.69, 9.17) is 19.4 Å². The normalized spacial score (nSPS) is 19.2. The van der Waals surface area contributed by atoms with E-state index in [1.807, 2.05) is 17.2 Å². The number of carboxylic acid groups (broad SMARTS) is 1. The molecule has 0 saturated carbocycles. The van der Waals surface area contributed by atoms with Crippen LogP contribution in [0.4, 0.5) is 13.2 Å². The molecule has 1 amide bonds. The Morgan fingerprint density at radius 1 is 1.34 bits per heavy atom. The Morgan fingerprint density at radius 3 is 2.56 bits per heavy atom. The summed E-state index contributed by atoms with van der Waals surface area (Å²) in [6, 6.07) is 3.50. The first kappa shape index (κ1) is 24.1. The minimum Gasteiger partial charge on any atom is -0.475 e. The summed E-state index contributed by atoms with van der Waals surface area (Å²) in [6.45, 7) is 5.19. The van der Waals surface area contributed by atoms with Crippen molar-refractivity contribution in [3.8, 4) is 0 Å². The number of carbonyl (C=O) groups excluding carboxylic acids is 1. The molecule has 2 saturated heterocycles. The van der Waals surface area contributed by atoms with E-state index < -0.39 is 12.1 Å². The third kappa shape index (κ3) is 5.81. The lowest BCUT2D eigenvalue weighted by atomic mass is 9.81. The van der Waals surface area contributed by atoms with E-state index in [9.17, 15) is 18.0 Å². The van der Waals surface area contributed by atoms with Crippen LogP contribution in [-0.2, 0) is 20.9 Å². The van der Waals surface area contributed by atoms with Crippen LogP contribution >= 0.6 is 11.3 Å². The molecule has 174 valence electrons. The number of ether oxygens (including phenoxy) is 2. The molecular formula is C20H22F3N3O5S. The molecule has 0 aromatic carbocycles. The molecule has 1 atom stereocenters. The number of nitrogens with zero attached hydrogens (tertiary/aromatic N) is 3. The van der Waals surface area contributed by atoms with Gasteiger partial charge >= 0.3 is 12.1 Å². The molecule has 1 N–H and O–H groups in total. The summed E-state index contributed by atoms with van der Waals surface area (Å²) in [4.78, 5) is 31.6. The topological polar surface area (TPSA) is 102 Å². The summed E-state index contributed by atoms with van der Waals surface area (Å²) >= 11 is 1.64. The molecule has 1 unspecified atom stereocenters. The van der Waals surface area contributed by atoms with E-state index >= 15 is 0 Å². The third-order valence-corrected chi connectivity index (χ3v) is 6.03. The minimum atomic E-state index is -5.08. The van der Waals surface area contributed by atoms with E-state index in [-0.39, 0.29) is 11.5 Å². The molecule has 2 aliphatic rings. The quantitative estimate of drug-likeness (QED) is 0.713. The van der Waals surface area contributed by atoms with Gasteiger partial charge in [-0.1, -0.05) is 0 Å². The Labute approximate surface area is 186 Å². The van der Waals surface area contributed by atoms with E-state index in [0.717, 1.165) is 23.7 Å². The number of aliphatic carboxylic acids is 1. The highest BCUT2D eigenvalue weighted by atomic mass is 32.1. The Balaban J connectivity index is 0.000000360. The Morgan fingerprint density at radius 2 is 2.00 bits per heavy atom. The largest absolute Gasteiger partial charge is 0.490 e. The SMILES string of the molecule is Cc1nc(COCC2CCOC23CN(C(=O)c2ccncc2)C3)cs1.O=C(O)C(F)(F)F. The zero-order chi connectivity index (χ0) is 23.4. The number of halogens is 3. The fourth-order valence-corrected chi connectivity index (χ4v) is 4.17. The molecule has 4 rings (SSSR count). The van der Waals surface area contributed by atoms with Crippen molar-refractivity contribution in [2.75, 3.05) is 26.3 Å². The number of carbonyl (C=O) groups is 2. The number of rotatable bonds is 5. The smallest absolute Gasteiger partial charge is 0.475 e. The van der Waals surface area contributed by atoms with Gasteiger partial charge in [-0.05, 0) is 25.5 Å². The number of aromatic nitrogens is 2. The van der Waals surface area contributed by atoms with Gasteiger partial charge in [-0.3, -0.25) is 9.78 Å². The van der Waals surface area contributed by atoms with Crippen LogP contribution in [0.5, 0.6) is 0 Å². The number of hydrogen-bond acceptors (Lipinski definition) is 7. The molecule has 4 heterocycles. The van der Waals surface area contributed by atoms with Crippen LogP contribution in [0.15, 0.2) is 29.9 Å². The Bertz CT molecular complexity index is 932. The van der Waals surface area contributed by atoms with E-state index in [0.29, 0.717) is 37.8 Å². The molecule has 12 heteroatoms. The standard InChI is InChI=1S/C18H21N3O3S.C2HF3O2/c1-13-20-16(10-25-13)9-23-8-15-4-7-24-18(15)11-21(12-18)17(22)14-2-5-19-6-3-14;3-2(4,5)1(6)7/h2-3,5-6,10,15H,4,7-9,11-12H2,1H3;(H,6,7). The van der Waals surface area contributed by atoms with Crippen LogP contribution in [0.2, 0.25) is 0 Å². The number of hydrogen-bond donors (Lipinski definition) is 1. The molecule has 32 heavy (non-hydrogen) atoms. The van der Waals surface area contributed by atoms with Gasteiger partial charge in [0.1, 0.15) is 5.60 Å². The Kier molecular flexibility index (Phi) is 7.47. The van der Waals surface area contributed by atoms with Gasteiger partial charge in [-0.15, -0.1) is 11.3 Å². The molecule has 8 nitrogen and oxygen atoms in total. The van der Waals surface area contributed by atoms with Crippen LogP contribution in [-0.4, -0.2) is 69.9 Å². The average molecular weight is 473 g/mol. The van der Waals surface area contributed by atoms with Crippen molar-refractivity contribution < 1.29 is 37.3 Å². The number of pyridine rings is 1. The number of aryl methyl sites for hydroxylation is 1. The van der Waals surface area contributed by atoms with E-state index in [1.165, 1.54) is 0 Å². The molecule has 0 aliphatic carbocycles. The lowest BCUT2D eigenvalue weighted by molar-refractivity contribution is -0.192. The predicted molar refractivity (Wildman–Crippen MR) is 107 cm³/mol. The summed E-state index contributed by atoms with van der Waals surface area (Å²) in [7, 11) is 0. The summed E-state index contributed by atoms with van der Waals surface area (Å²) < 4.78 is 43.6. The van der Waals surface area contributed by atoms with Crippen molar-refractivity contribution in [2.45, 2.75) is 31.7 Å². The molecule has 2 aliphatic heterocycles. The molecule has 2 aromatic rings. The first-order valence-corrected chi connectivity index (χ1v) is 10.6. The van der Waals surface area contributed by atoms with Gasteiger partial charge in [0.25, 0.3) is 5.91 Å². The maximum Gasteiger partial charge on any atom is 0.490 e. The van der Waals surface area contributed by atoms with Crippen LogP contribution in [0.25, 0.3) is 0 Å². The number of carboxylic acids is 1. The monoisotopic (exact) mass is 473 g/mol. The van der Waals surface area contributed by atoms with Gasteiger partial charge in [0.2, 0.25) is 0 Å². The number of alkyl halides is 3. The zero-order valence-corrected chi connectivity index (χ0v) is 18.0. The molecular weight excluding hydrogens is 451 g/mol. The maximum absolute atomic E-state index is 12.5. The molecule has 0 bridgehead atoms. The van der Waals surface area contributed by atoms with Crippen LogP contribution in [0, 0.1) is 12.8 Å². The highest BCUT2D eigenvalue weighted by Gasteiger charge is 2.54. The first-order chi connectivity index (χ1) is 15.1. The second-order valence-electron chi connectivity index (χ2n) is 7.47. The van der Waals surface area contributed by atoms with Crippen LogP contribution in [0.1, 0.15) is 27.5 Å². The summed E-state index contributed by atoms with van der Waals surface area (Å²) in [6.07, 6.45) is -0.815. The van der Waals surface area contributed by atoms with E-state index in [1.54, 1.807) is 35.9 Å². The molecule has 2 aromatic heterocycles. The number of likely N-dealkylation sites (tertiary alicyclic amines) is 1. The van der Waals surface area contributed by atoms with Crippen molar-refractivity contribution in [3.63, 3.8) is 0 Å². The van der Waals surface area contributed by atoms with E-state index in [2.05, 4.69) is 9.97 Å². The summed E-state index contributed by atoms with van der Waals surface area (Å²) in [5, 5.41) is 10.2. The highest BCUT2D eigenvalue weighted by Crippen LogP contribution is 2.40. The number of amides is 1. The van der Waals surface area contributed by atoms with Crippen LogP contribution < -0.4 is 0 Å². The second kappa shape index (κ2) is 9.92. The fourth-order valence-electron chi connectivity index (χ4n) is 3.57. The minimum absolute atomic E-state index is 0.0427. The van der Waals surface area contributed by atoms with Gasteiger partial charge in [0.05, 0.1) is 37.0 Å².